The number of ether oxygens (including phenoxy) is 2. The highest BCUT2D eigenvalue weighted by Crippen LogP contribution is 2.29. The number of rotatable bonds is 22. The van der Waals surface area contributed by atoms with E-state index in [1.54, 1.807) is 0 Å². The SMILES string of the molecule is CCCCCCCCCCC(C)OC(=O)C1CC=CCC1C(=O)OC(C)CCCCCCCCCC. The molecule has 1 aliphatic rings. The van der Waals surface area contributed by atoms with Crippen LogP contribution < -0.4 is 0 Å². The van der Waals surface area contributed by atoms with Crippen LogP contribution in [0.25, 0.3) is 0 Å². The Morgan fingerprint density at radius 3 is 1.22 bits per heavy atom. The van der Waals surface area contributed by atoms with Crippen molar-refractivity contribution >= 4 is 11.9 Å². The van der Waals surface area contributed by atoms with Crippen LogP contribution >= 0.6 is 0 Å². The molecular weight excluding hydrogens is 448 g/mol. The summed E-state index contributed by atoms with van der Waals surface area (Å²) in [5, 5.41) is 0. The Morgan fingerprint density at radius 1 is 0.583 bits per heavy atom. The van der Waals surface area contributed by atoms with Crippen molar-refractivity contribution in [3.63, 3.8) is 0 Å². The van der Waals surface area contributed by atoms with Crippen LogP contribution in [0.5, 0.6) is 0 Å². The van der Waals surface area contributed by atoms with Gasteiger partial charge in [-0.25, -0.2) is 0 Å². The molecule has 4 unspecified atom stereocenters. The monoisotopic (exact) mass is 506 g/mol. The first-order valence-corrected chi connectivity index (χ1v) is 15.6. The summed E-state index contributed by atoms with van der Waals surface area (Å²) >= 11 is 0. The Bertz CT molecular complexity index is 535. The third kappa shape index (κ3) is 15.7. The molecule has 0 aromatic rings. The fraction of sp³-hybridized carbons (Fsp3) is 0.875. The number of hydrogen-bond donors (Lipinski definition) is 0. The Labute approximate surface area is 223 Å². The van der Waals surface area contributed by atoms with Crippen molar-refractivity contribution in [1.29, 1.82) is 0 Å². The first-order valence-electron chi connectivity index (χ1n) is 15.6. The molecule has 0 heterocycles. The van der Waals surface area contributed by atoms with Gasteiger partial charge in [-0.1, -0.05) is 116 Å². The van der Waals surface area contributed by atoms with Crippen molar-refractivity contribution < 1.29 is 19.1 Å². The smallest absolute Gasteiger partial charge is 0.310 e. The minimum absolute atomic E-state index is 0.0962. The highest BCUT2D eigenvalue weighted by Gasteiger charge is 2.37. The highest BCUT2D eigenvalue weighted by molar-refractivity contribution is 5.83. The summed E-state index contributed by atoms with van der Waals surface area (Å²) in [6.45, 7) is 8.46. The maximum absolute atomic E-state index is 12.9. The third-order valence-electron chi connectivity index (χ3n) is 7.60. The fourth-order valence-corrected chi connectivity index (χ4v) is 5.16. The number of esters is 2. The van der Waals surface area contributed by atoms with Crippen LogP contribution in [0.3, 0.4) is 0 Å². The van der Waals surface area contributed by atoms with E-state index >= 15 is 0 Å². The number of carbonyl (C=O) groups is 2. The summed E-state index contributed by atoms with van der Waals surface area (Å²) in [7, 11) is 0. The standard InChI is InChI=1S/C32H58O4/c1-5-7-9-11-13-15-17-19-23-27(3)35-31(33)29-25-21-22-26-30(29)32(34)36-28(4)24-20-18-16-14-12-10-8-6-2/h21-22,27-30H,5-20,23-26H2,1-4H3. The number of carbonyl (C=O) groups excluding carboxylic acids is 2. The first kappa shape index (κ1) is 32.7. The Kier molecular flexibility index (Phi) is 19.7. The zero-order valence-corrected chi connectivity index (χ0v) is 24.2. The molecule has 0 saturated carbocycles. The van der Waals surface area contributed by atoms with Gasteiger partial charge in [-0.05, 0) is 52.4 Å². The highest BCUT2D eigenvalue weighted by atomic mass is 16.6. The van der Waals surface area contributed by atoms with E-state index in [1.165, 1.54) is 89.9 Å². The van der Waals surface area contributed by atoms with Gasteiger partial charge in [-0.3, -0.25) is 9.59 Å². The van der Waals surface area contributed by atoms with Crippen molar-refractivity contribution in [1.82, 2.24) is 0 Å². The Hall–Kier alpha value is -1.32. The molecule has 0 aromatic carbocycles. The largest absolute Gasteiger partial charge is 0.462 e. The lowest BCUT2D eigenvalue weighted by molar-refractivity contribution is -0.166. The molecule has 0 amide bonds. The predicted molar refractivity (Wildman–Crippen MR) is 151 cm³/mol. The summed E-state index contributed by atoms with van der Waals surface area (Å²) < 4.78 is 11.6. The zero-order valence-electron chi connectivity index (χ0n) is 24.2. The van der Waals surface area contributed by atoms with Gasteiger partial charge >= 0.3 is 11.9 Å². The zero-order chi connectivity index (χ0) is 26.4. The van der Waals surface area contributed by atoms with Crippen molar-refractivity contribution in [2.45, 2.75) is 168 Å². The molecule has 1 rings (SSSR count). The Morgan fingerprint density at radius 2 is 0.889 bits per heavy atom. The van der Waals surface area contributed by atoms with E-state index in [0.717, 1.165) is 25.7 Å². The van der Waals surface area contributed by atoms with Crippen molar-refractivity contribution in [2.24, 2.45) is 11.8 Å². The second-order valence-electron chi connectivity index (χ2n) is 11.2. The van der Waals surface area contributed by atoms with Gasteiger partial charge in [0.25, 0.3) is 0 Å². The molecule has 1 aliphatic carbocycles. The average molecular weight is 507 g/mol. The first-order chi connectivity index (χ1) is 17.5. The van der Waals surface area contributed by atoms with Gasteiger partial charge in [0.05, 0.1) is 24.0 Å². The normalized spacial score (nSPS) is 19.1. The topological polar surface area (TPSA) is 52.6 Å². The van der Waals surface area contributed by atoms with Crippen molar-refractivity contribution in [3.8, 4) is 0 Å². The van der Waals surface area contributed by atoms with Gasteiger partial charge in [0.2, 0.25) is 0 Å². The van der Waals surface area contributed by atoms with E-state index in [0.29, 0.717) is 12.8 Å². The van der Waals surface area contributed by atoms with Crippen LogP contribution in [0.4, 0.5) is 0 Å². The maximum Gasteiger partial charge on any atom is 0.310 e. The van der Waals surface area contributed by atoms with Gasteiger partial charge in [0.1, 0.15) is 0 Å². The van der Waals surface area contributed by atoms with Gasteiger partial charge in [0.15, 0.2) is 0 Å². The molecule has 0 fully saturated rings. The van der Waals surface area contributed by atoms with E-state index in [9.17, 15) is 9.59 Å². The minimum atomic E-state index is -0.418. The molecule has 0 aromatic heterocycles. The Balaban J connectivity index is 2.28. The summed E-state index contributed by atoms with van der Waals surface area (Å²) in [6.07, 6.45) is 27.1. The van der Waals surface area contributed by atoms with Gasteiger partial charge in [0, 0.05) is 0 Å². The number of hydrogen-bond acceptors (Lipinski definition) is 4. The average Bonchev–Trinajstić information content (AvgIpc) is 2.87. The van der Waals surface area contributed by atoms with Crippen LogP contribution in [-0.2, 0) is 19.1 Å². The quantitative estimate of drug-likeness (QED) is 0.0833. The molecule has 4 atom stereocenters. The lowest BCUT2D eigenvalue weighted by Gasteiger charge is -2.28. The van der Waals surface area contributed by atoms with E-state index in [2.05, 4.69) is 13.8 Å². The van der Waals surface area contributed by atoms with E-state index in [4.69, 9.17) is 9.47 Å². The number of allylic oxidation sites excluding steroid dienone is 2. The predicted octanol–water partition coefficient (Wildman–Crippen LogP) is 9.49. The lowest BCUT2D eigenvalue weighted by Crippen LogP contribution is -2.36. The van der Waals surface area contributed by atoms with Gasteiger partial charge in [-0.2, -0.15) is 0 Å². The maximum atomic E-state index is 12.9. The molecule has 36 heavy (non-hydrogen) atoms. The van der Waals surface area contributed by atoms with Crippen LogP contribution in [0.1, 0.15) is 156 Å². The van der Waals surface area contributed by atoms with Crippen LogP contribution in [-0.4, -0.2) is 24.1 Å². The third-order valence-corrected chi connectivity index (χ3v) is 7.60. The molecule has 210 valence electrons. The summed E-state index contributed by atoms with van der Waals surface area (Å²) in [4.78, 5) is 25.8. The molecule has 0 aliphatic heterocycles. The van der Waals surface area contributed by atoms with Gasteiger partial charge < -0.3 is 9.47 Å². The molecule has 0 bridgehead atoms. The van der Waals surface area contributed by atoms with Crippen LogP contribution in [0.2, 0.25) is 0 Å². The molecule has 4 heteroatoms. The second kappa shape index (κ2) is 21.7. The van der Waals surface area contributed by atoms with E-state index in [1.807, 2.05) is 26.0 Å². The molecule has 0 saturated heterocycles. The number of unbranched alkanes of at least 4 members (excludes halogenated alkanes) is 14. The molecule has 0 N–H and O–H groups in total. The van der Waals surface area contributed by atoms with E-state index < -0.39 is 11.8 Å². The van der Waals surface area contributed by atoms with Gasteiger partial charge in [-0.15, -0.1) is 0 Å². The second-order valence-corrected chi connectivity index (χ2v) is 11.2. The molecule has 0 radical (unpaired) electrons. The minimum Gasteiger partial charge on any atom is -0.462 e. The van der Waals surface area contributed by atoms with Crippen LogP contribution in [0.15, 0.2) is 12.2 Å². The fourth-order valence-electron chi connectivity index (χ4n) is 5.16. The van der Waals surface area contributed by atoms with Crippen molar-refractivity contribution in [3.05, 3.63) is 12.2 Å². The van der Waals surface area contributed by atoms with Crippen molar-refractivity contribution in [2.75, 3.05) is 0 Å². The van der Waals surface area contributed by atoms with Crippen LogP contribution in [0, 0.1) is 11.8 Å². The van der Waals surface area contributed by atoms with E-state index in [-0.39, 0.29) is 24.1 Å². The summed E-state index contributed by atoms with van der Waals surface area (Å²) in [5.74, 6) is -1.30. The molecular formula is C32H58O4. The molecule has 0 spiro atoms. The molecule has 4 nitrogen and oxygen atoms in total. The summed E-state index contributed by atoms with van der Waals surface area (Å²) in [6, 6.07) is 0. The summed E-state index contributed by atoms with van der Waals surface area (Å²) in [5.41, 5.74) is 0. The lowest BCUT2D eigenvalue weighted by atomic mass is 9.83.